The lowest BCUT2D eigenvalue weighted by Crippen LogP contribution is -2.47. The summed E-state index contributed by atoms with van der Waals surface area (Å²) in [4.78, 5) is 2.55. The molecule has 3 heteroatoms. The minimum absolute atomic E-state index is 0.701. The Bertz CT molecular complexity index is 169. The molecule has 3 nitrogen and oxygen atoms in total. The third-order valence-electron chi connectivity index (χ3n) is 3.52. The fourth-order valence-corrected chi connectivity index (χ4v) is 2.48. The lowest BCUT2D eigenvalue weighted by atomic mass is 9.91. The summed E-state index contributed by atoms with van der Waals surface area (Å²) in [6.07, 6.45) is 2.74. The molecule has 2 heterocycles. The van der Waals surface area contributed by atoms with E-state index in [-0.39, 0.29) is 0 Å². The smallest absolute Gasteiger partial charge is 0.0594 e. The standard InChI is InChI=1S/C11H22N2O/c1-10-11(3-2-4-12-10)9-13-5-7-14-8-6-13/h10-12H,2-9H2,1H3. The Morgan fingerprint density at radius 3 is 2.86 bits per heavy atom. The van der Waals surface area contributed by atoms with Crippen molar-refractivity contribution in [2.75, 3.05) is 39.4 Å². The van der Waals surface area contributed by atoms with Gasteiger partial charge in [-0.1, -0.05) is 0 Å². The molecule has 0 aliphatic carbocycles. The van der Waals surface area contributed by atoms with E-state index in [4.69, 9.17) is 4.74 Å². The van der Waals surface area contributed by atoms with Gasteiger partial charge in [-0.2, -0.15) is 0 Å². The van der Waals surface area contributed by atoms with E-state index in [2.05, 4.69) is 17.1 Å². The molecule has 0 radical (unpaired) electrons. The highest BCUT2D eigenvalue weighted by Crippen LogP contribution is 2.17. The number of nitrogens with one attached hydrogen (secondary N) is 1. The fraction of sp³-hybridized carbons (Fsp3) is 1.00. The van der Waals surface area contributed by atoms with Crippen LogP contribution in [0.5, 0.6) is 0 Å². The van der Waals surface area contributed by atoms with Crippen LogP contribution >= 0.6 is 0 Å². The van der Waals surface area contributed by atoms with Crippen molar-refractivity contribution in [1.29, 1.82) is 0 Å². The average molecular weight is 198 g/mol. The molecular weight excluding hydrogens is 176 g/mol. The summed E-state index contributed by atoms with van der Waals surface area (Å²) >= 11 is 0. The summed E-state index contributed by atoms with van der Waals surface area (Å²) in [5.74, 6) is 0.849. The van der Waals surface area contributed by atoms with Crippen molar-refractivity contribution < 1.29 is 4.74 Å². The van der Waals surface area contributed by atoms with Gasteiger partial charge in [0.05, 0.1) is 13.2 Å². The monoisotopic (exact) mass is 198 g/mol. The molecule has 2 fully saturated rings. The van der Waals surface area contributed by atoms with Crippen LogP contribution < -0.4 is 5.32 Å². The van der Waals surface area contributed by atoms with Crippen LogP contribution in [0.25, 0.3) is 0 Å². The Morgan fingerprint density at radius 2 is 2.14 bits per heavy atom. The highest BCUT2D eigenvalue weighted by atomic mass is 16.5. The maximum atomic E-state index is 5.36. The summed E-state index contributed by atoms with van der Waals surface area (Å²) in [6.45, 7) is 8.90. The first kappa shape index (κ1) is 10.4. The molecule has 0 aromatic rings. The molecule has 0 aromatic heterocycles. The summed E-state index contributed by atoms with van der Waals surface area (Å²) in [5.41, 5.74) is 0. The predicted octanol–water partition coefficient (Wildman–Crippen LogP) is 0.707. The predicted molar refractivity (Wildman–Crippen MR) is 57.4 cm³/mol. The van der Waals surface area contributed by atoms with Crippen LogP contribution in [0.2, 0.25) is 0 Å². The van der Waals surface area contributed by atoms with Crippen LogP contribution in [0.15, 0.2) is 0 Å². The van der Waals surface area contributed by atoms with Gasteiger partial charge < -0.3 is 10.1 Å². The highest BCUT2D eigenvalue weighted by molar-refractivity contribution is 4.80. The van der Waals surface area contributed by atoms with Crippen LogP contribution in [0.3, 0.4) is 0 Å². The van der Waals surface area contributed by atoms with Crippen molar-refractivity contribution in [3.05, 3.63) is 0 Å². The normalized spacial score (nSPS) is 35.8. The first-order chi connectivity index (χ1) is 6.86. The maximum absolute atomic E-state index is 5.36. The van der Waals surface area contributed by atoms with E-state index in [9.17, 15) is 0 Å². The number of nitrogens with zero attached hydrogens (tertiary/aromatic N) is 1. The van der Waals surface area contributed by atoms with E-state index in [1.807, 2.05) is 0 Å². The third kappa shape index (κ3) is 2.69. The summed E-state index contributed by atoms with van der Waals surface area (Å²) in [5, 5.41) is 3.56. The van der Waals surface area contributed by atoms with Crippen molar-refractivity contribution in [2.24, 2.45) is 5.92 Å². The minimum Gasteiger partial charge on any atom is -0.379 e. The second kappa shape index (κ2) is 5.10. The number of hydrogen-bond acceptors (Lipinski definition) is 3. The molecule has 0 bridgehead atoms. The molecule has 1 N–H and O–H groups in total. The van der Waals surface area contributed by atoms with Crippen LogP contribution in [0, 0.1) is 5.92 Å². The van der Waals surface area contributed by atoms with Crippen molar-refractivity contribution in [3.63, 3.8) is 0 Å². The van der Waals surface area contributed by atoms with E-state index in [1.165, 1.54) is 25.9 Å². The Hall–Kier alpha value is -0.120. The van der Waals surface area contributed by atoms with E-state index < -0.39 is 0 Å². The Balaban J connectivity index is 1.76. The minimum atomic E-state index is 0.701. The number of rotatable bonds is 2. The third-order valence-corrected chi connectivity index (χ3v) is 3.52. The first-order valence-corrected chi connectivity index (χ1v) is 5.90. The molecule has 2 unspecified atom stereocenters. The molecular formula is C11H22N2O. The van der Waals surface area contributed by atoms with Gasteiger partial charge in [-0.05, 0) is 32.2 Å². The van der Waals surface area contributed by atoms with E-state index in [0.29, 0.717) is 6.04 Å². The second-order valence-corrected chi connectivity index (χ2v) is 4.56. The SMILES string of the molecule is CC1NCCCC1CN1CCOCC1. The molecule has 0 amide bonds. The zero-order valence-corrected chi connectivity index (χ0v) is 9.17. The molecule has 2 saturated heterocycles. The van der Waals surface area contributed by atoms with Crippen molar-refractivity contribution >= 4 is 0 Å². The van der Waals surface area contributed by atoms with Crippen LogP contribution in [-0.4, -0.2) is 50.3 Å². The van der Waals surface area contributed by atoms with E-state index in [1.54, 1.807) is 0 Å². The topological polar surface area (TPSA) is 24.5 Å². The number of hydrogen-bond donors (Lipinski definition) is 1. The molecule has 82 valence electrons. The molecule has 0 spiro atoms. The second-order valence-electron chi connectivity index (χ2n) is 4.56. The van der Waals surface area contributed by atoms with Gasteiger partial charge >= 0.3 is 0 Å². The van der Waals surface area contributed by atoms with Gasteiger partial charge in [0, 0.05) is 25.7 Å². The van der Waals surface area contributed by atoms with Crippen molar-refractivity contribution in [2.45, 2.75) is 25.8 Å². The molecule has 0 aromatic carbocycles. The number of morpholine rings is 1. The number of ether oxygens (including phenoxy) is 1. The summed E-state index contributed by atoms with van der Waals surface area (Å²) < 4.78 is 5.36. The molecule has 2 aliphatic rings. The van der Waals surface area contributed by atoms with Gasteiger partial charge in [0.2, 0.25) is 0 Å². The zero-order chi connectivity index (χ0) is 9.80. The van der Waals surface area contributed by atoms with Gasteiger partial charge in [0.15, 0.2) is 0 Å². The molecule has 2 atom stereocenters. The summed E-state index contributed by atoms with van der Waals surface area (Å²) in [7, 11) is 0. The largest absolute Gasteiger partial charge is 0.379 e. The lowest BCUT2D eigenvalue weighted by Gasteiger charge is -2.36. The Labute approximate surface area is 86.8 Å². The van der Waals surface area contributed by atoms with Crippen molar-refractivity contribution in [3.8, 4) is 0 Å². The zero-order valence-electron chi connectivity index (χ0n) is 9.17. The van der Waals surface area contributed by atoms with Gasteiger partial charge in [0.25, 0.3) is 0 Å². The maximum Gasteiger partial charge on any atom is 0.0594 e. The molecule has 2 aliphatic heterocycles. The number of piperidine rings is 1. The Kier molecular flexibility index (Phi) is 3.79. The van der Waals surface area contributed by atoms with Gasteiger partial charge in [-0.3, -0.25) is 4.90 Å². The Morgan fingerprint density at radius 1 is 1.36 bits per heavy atom. The molecule has 0 saturated carbocycles. The fourth-order valence-electron chi connectivity index (χ4n) is 2.48. The highest BCUT2D eigenvalue weighted by Gasteiger charge is 2.23. The summed E-state index contributed by atoms with van der Waals surface area (Å²) in [6, 6.07) is 0.701. The van der Waals surface area contributed by atoms with Gasteiger partial charge in [0.1, 0.15) is 0 Å². The van der Waals surface area contributed by atoms with Gasteiger partial charge in [-0.15, -0.1) is 0 Å². The van der Waals surface area contributed by atoms with Gasteiger partial charge in [-0.25, -0.2) is 0 Å². The molecule has 2 rings (SSSR count). The quantitative estimate of drug-likeness (QED) is 0.707. The van der Waals surface area contributed by atoms with Crippen LogP contribution in [0.1, 0.15) is 19.8 Å². The van der Waals surface area contributed by atoms with Crippen LogP contribution in [0.4, 0.5) is 0 Å². The van der Waals surface area contributed by atoms with E-state index >= 15 is 0 Å². The molecule has 14 heavy (non-hydrogen) atoms. The van der Waals surface area contributed by atoms with Crippen molar-refractivity contribution in [1.82, 2.24) is 10.2 Å². The average Bonchev–Trinajstić information content (AvgIpc) is 2.23. The van der Waals surface area contributed by atoms with E-state index in [0.717, 1.165) is 32.2 Å². The van der Waals surface area contributed by atoms with Crippen LogP contribution in [-0.2, 0) is 4.74 Å². The lowest BCUT2D eigenvalue weighted by molar-refractivity contribution is 0.0256. The first-order valence-electron chi connectivity index (χ1n) is 5.90.